The van der Waals surface area contributed by atoms with Gasteiger partial charge in [0.25, 0.3) is 0 Å². The molecule has 0 fully saturated rings. The van der Waals surface area contributed by atoms with Crippen LogP contribution in [0.4, 0.5) is 18.9 Å². The molecular weight excluding hydrogens is 239 g/mol. The topological polar surface area (TPSA) is 26.0 Å². The summed E-state index contributed by atoms with van der Waals surface area (Å²) in [5.74, 6) is -2.65. The predicted octanol–water partition coefficient (Wildman–Crippen LogP) is 3.97. The minimum Gasteiger partial charge on any atom is -0.398 e. The maximum absolute atomic E-state index is 13.8. The van der Waals surface area contributed by atoms with Crippen molar-refractivity contribution in [2.75, 3.05) is 5.73 Å². The summed E-state index contributed by atoms with van der Waals surface area (Å²) in [5, 5.41) is 0. The van der Waals surface area contributed by atoms with E-state index in [1.165, 1.54) is 31.2 Å². The fourth-order valence-electron chi connectivity index (χ4n) is 1.75. The minimum atomic E-state index is -1.06. The van der Waals surface area contributed by atoms with Gasteiger partial charge >= 0.3 is 0 Å². The summed E-state index contributed by atoms with van der Waals surface area (Å²) >= 11 is 0. The molecule has 0 atom stereocenters. The maximum atomic E-state index is 13.8. The molecular formula is C14H12F3N. The molecule has 0 aliphatic rings. The Morgan fingerprint density at radius 1 is 0.833 bits per heavy atom. The number of halogens is 3. The van der Waals surface area contributed by atoms with Crippen LogP contribution in [0, 0.1) is 31.3 Å². The van der Waals surface area contributed by atoms with Gasteiger partial charge in [-0.25, -0.2) is 13.2 Å². The highest BCUT2D eigenvalue weighted by Crippen LogP contribution is 2.31. The third-order valence-corrected chi connectivity index (χ3v) is 2.92. The van der Waals surface area contributed by atoms with Crippen LogP contribution in [0.25, 0.3) is 11.1 Å². The van der Waals surface area contributed by atoms with E-state index >= 15 is 0 Å². The average molecular weight is 251 g/mol. The van der Waals surface area contributed by atoms with Crippen LogP contribution >= 0.6 is 0 Å². The molecule has 2 aromatic carbocycles. The molecule has 0 spiro atoms. The Labute approximate surface area is 103 Å². The van der Waals surface area contributed by atoms with Gasteiger partial charge in [0.05, 0.1) is 0 Å². The third-order valence-electron chi connectivity index (χ3n) is 2.92. The van der Waals surface area contributed by atoms with Gasteiger partial charge in [0, 0.05) is 16.8 Å². The molecule has 0 heterocycles. The molecule has 0 amide bonds. The van der Waals surface area contributed by atoms with Gasteiger partial charge in [0.2, 0.25) is 0 Å². The highest BCUT2D eigenvalue weighted by atomic mass is 19.2. The number of anilines is 1. The van der Waals surface area contributed by atoms with Crippen molar-refractivity contribution in [2.45, 2.75) is 13.8 Å². The van der Waals surface area contributed by atoms with Gasteiger partial charge in [0.1, 0.15) is 5.82 Å². The van der Waals surface area contributed by atoms with Crippen molar-refractivity contribution in [1.82, 2.24) is 0 Å². The Kier molecular flexibility index (Phi) is 3.03. The summed E-state index contributed by atoms with van der Waals surface area (Å²) in [4.78, 5) is 0. The second-order valence-corrected chi connectivity index (χ2v) is 4.25. The van der Waals surface area contributed by atoms with Crippen molar-refractivity contribution in [1.29, 1.82) is 0 Å². The Balaban J connectivity index is 2.70. The molecule has 0 unspecified atom stereocenters. The Hall–Kier alpha value is -1.97. The number of hydrogen-bond acceptors (Lipinski definition) is 1. The maximum Gasteiger partial charge on any atom is 0.167 e. The van der Waals surface area contributed by atoms with Crippen molar-refractivity contribution in [2.24, 2.45) is 0 Å². The van der Waals surface area contributed by atoms with E-state index in [9.17, 15) is 13.2 Å². The van der Waals surface area contributed by atoms with Crippen molar-refractivity contribution in [3.05, 3.63) is 52.8 Å². The standard InChI is InChI=1S/C14H12F3N/c1-7-3-4-9(14(17)13(7)16)10-6-12(18)8(2)5-11(10)15/h3-6H,18H2,1-2H3. The van der Waals surface area contributed by atoms with Crippen molar-refractivity contribution in [3.63, 3.8) is 0 Å². The molecule has 2 aromatic rings. The van der Waals surface area contributed by atoms with Crippen LogP contribution in [0.1, 0.15) is 11.1 Å². The lowest BCUT2D eigenvalue weighted by Crippen LogP contribution is -1.98. The van der Waals surface area contributed by atoms with Crippen LogP contribution < -0.4 is 5.73 Å². The number of nitrogen functional groups attached to an aromatic ring is 1. The van der Waals surface area contributed by atoms with Crippen molar-refractivity contribution >= 4 is 5.69 Å². The van der Waals surface area contributed by atoms with Crippen LogP contribution in [0.5, 0.6) is 0 Å². The third kappa shape index (κ3) is 1.94. The van der Waals surface area contributed by atoms with Crippen LogP contribution in [-0.4, -0.2) is 0 Å². The molecule has 0 saturated carbocycles. The Morgan fingerprint density at radius 2 is 1.50 bits per heavy atom. The minimum absolute atomic E-state index is 0.0329. The predicted molar refractivity (Wildman–Crippen MR) is 65.6 cm³/mol. The molecule has 94 valence electrons. The van der Waals surface area contributed by atoms with E-state index in [0.717, 1.165) is 0 Å². The zero-order valence-corrected chi connectivity index (χ0v) is 10.0. The number of hydrogen-bond donors (Lipinski definition) is 1. The lowest BCUT2D eigenvalue weighted by atomic mass is 10.00. The number of aryl methyl sites for hydroxylation is 2. The number of rotatable bonds is 1. The summed E-state index contributed by atoms with van der Waals surface area (Å²) in [6.07, 6.45) is 0. The van der Waals surface area contributed by atoms with Gasteiger partial charge in [-0.3, -0.25) is 0 Å². The monoisotopic (exact) mass is 251 g/mol. The molecule has 0 aliphatic carbocycles. The first-order valence-electron chi connectivity index (χ1n) is 5.42. The normalized spacial score (nSPS) is 10.7. The van der Waals surface area contributed by atoms with Gasteiger partial charge < -0.3 is 5.73 Å². The number of nitrogens with two attached hydrogens (primary N) is 1. The molecule has 0 bridgehead atoms. The summed E-state index contributed by atoms with van der Waals surface area (Å²) in [6.45, 7) is 3.09. The average Bonchev–Trinajstić information content (AvgIpc) is 2.32. The van der Waals surface area contributed by atoms with E-state index in [1.54, 1.807) is 6.92 Å². The van der Waals surface area contributed by atoms with Gasteiger partial charge in [-0.15, -0.1) is 0 Å². The van der Waals surface area contributed by atoms with Gasteiger partial charge in [0.15, 0.2) is 11.6 Å². The summed E-state index contributed by atoms with van der Waals surface area (Å²) in [7, 11) is 0. The molecule has 2 N–H and O–H groups in total. The molecule has 0 saturated heterocycles. The molecule has 4 heteroatoms. The molecule has 18 heavy (non-hydrogen) atoms. The zero-order valence-electron chi connectivity index (χ0n) is 10.0. The summed E-state index contributed by atoms with van der Waals surface area (Å²) in [5.41, 5.74) is 6.58. The molecule has 0 radical (unpaired) electrons. The van der Waals surface area contributed by atoms with Crippen molar-refractivity contribution in [3.8, 4) is 11.1 Å². The Bertz CT molecular complexity index is 621. The smallest absolute Gasteiger partial charge is 0.167 e. The highest BCUT2D eigenvalue weighted by Gasteiger charge is 2.16. The van der Waals surface area contributed by atoms with E-state index in [0.29, 0.717) is 11.3 Å². The van der Waals surface area contributed by atoms with E-state index < -0.39 is 17.5 Å². The lowest BCUT2D eigenvalue weighted by molar-refractivity contribution is 0.504. The van der Waals surface area contributed by atoms with Crippen LogP contribution in [-0.2, 0) is 0 Å². The Morgan fingerprint density at radius 3 is 2.17 bits per heavy atom. The van der Waals surface area contributed by atoms with Gasteiger partial charge in [-0.2, -0.15) is 0 Å². The van der Waals surface area contributed by atoms with Crippen molar-refractivity contribution < 1.29 is 13.2 Å². The fraction of sp³-hybridized carbons (Fsp3) is 0.143. The summed E-state index contributed by atoms with van der Waals surface area (Å²) in [6, 6.07) is 5.28. The molecule has 1 nitrogen and oxygen atoms in total. The van der Waals surface area contributed by atoms with E-state index in [4.69, 9.17) is 5.73 Å². The van der Waals surface area contributed by atoms with Gasteiger partial charge in [-0.1, -0.05) is 12.1 Å². The second kappa shape index (κ2) is 4.37. The van der Waals surface area contributed by atoms with E-state index in [1.807, 2.05) is 0 Å². The zero-order chi connectivity index (χ0) is 13.4. The van der Waals surface area contributed by atoms with Crippen LogP contribution in [0.3, 0.4) is 0 Å². The molecule has 0 aliphatic heterocycles. The largest absolute Gasteiger partial charge is 0.398 e. The molecule has 0 aromatic heterocycles. The second-order valence-electron chi connectivity index (χ2n) is 4.25. The summed E-state index contributed by atoms with van der Waals surface area (Å²) < 4.78 is 41.0. The fourth-order valence-corrected chi connectivity index (χ4v) is 1.75. The van der Waals surface area contributed by atoms with Crippen LogP contribution in [0.15, 0.2) is 24.3 Å². The first kappa shape index (κ1) is 12.5. The first-order chi connectivity index (χ1) is 8.41. The van der Waals surface area contributed by atoms with E-state index in [-0.39, 0.29) is 16.7 Å². The highest BCUT2D eigenvalue weighted by molar-refractivity contribution is 5.70. The van der Waals surface area contributed by atoms with Crippen LogP contribution in [0.2, 0.25) is 0 Å². The quantitative estimate of drug-likeness (QED) is 0.762. The SMILES string of the molecule is Cc1cc(F)c(-c2ccc(C)c(F)c2F)cc1N. The van der Waals surface area contributed by atoms with E-state index in [2.05, 4.69) is 0 Å². The van der Waals surface area contributed by atoms with Gasteiger partial charge in [-0.05, 0) is 37.1 Å². The first-order valence-corrected chi connectivity index (χ1v) is 5.42. The number of benzene rings is 2. The molecule has 2 rings (SSSR count). The lowest BCUT2D eigenvalue weighted by Gasteiger charge is -2.10.